The van der Waals surface area contributed by atoms with Gasteiger partial charge in [-0.3, -0.25) is 9.59 Å². The van der Waals surface area contributed by atoms with E-state index in [-0.39, 0.29) is 29.2 Å². The Hall–Kier alpha value is -1.89. The second-order valence-corrected chi connectivity index (χ2v) is 9.16. The maximum Gasteiger partial charge on any atom is 0.331 e. The molecule has 0 saturated heterocycles. The number of carbonyl (C=O) groups excluding carboxylic acids is 2. The molecule has 0 fully saturated rings. The maximum absolute atomic E-state index is 13.3. The van der Waals surface area contributed by atoms with Crippen LogP contribution in [0.1, 0.15) is 55.4 Å². The molecule has 2 amide bonds. The molecule has 162 valence electrons. The molecule has 28 heavy (non-hydrogen) atoms. The van der Waals surface area contributed by atoms with E-state index in [0.717, 1.165) is 0 Å². The van der Waals surface area contributed by atoms with Crippen LogP contribution in [0.15, 0.2) is 11.6 Å². The standard InChI is InChI=1S/C21H39N3O4/c1-12(2)15(11-14(5)20(27)28)24(10)19(26)17(21(6,7)8)23-18(25)16(22-9)13(3)4/h11-13,15-17,22H,1-10H3,(H,23,25)(H,27,28)/b14-11+/t15-,16?,17-/m1/s1. The first-order valence-corrected chi connectivity index (χ1v) is 9.81. The van der Waals surface area contributed by atoms with Crippen LogP contribution >= 0.6 is 0 Å². The molecule has 0 aliphatic rings. The predicted molar refractivity (Wildman–Crippen MR) is 112 cm³/mol. The summed E-state index contributed by atoms with van der Waals surface area (Å²) in [7, 11) is 3.38. The van der Waals surface area contributed by atoms with Crippen LogP contribution < -0.4 is 10.6 Å². The van der Waals surface area contributed by atoms with Crippen LogP contribution in [0.25, 0.3) is 0 Å². The Balaban J connectivity index is 5.80. The molecule has 0 spiro atoms. The molecule has 0 saturated carbocycles. The van der Waals surface area contributed by atoms with E-state index < -0.39 is 29.5 Å². The van der Waals surface area contributed by atoms with E-state index in [0.29, 0.717) is 0 Å². The van der Waals surface area contributed by atoms with E-state index in [1.807, 2.05) is 48.5 Å². The molecule has 0 aromatic heterocycles. The number of carboxylic acid groups (broad SMARTS) is 1. The Kier molecular flexibility index (Phi) is 9.88. The van der Waals surface area contributed by atoms with Crippen molar-refractivity contribution in [2.24, 2.45) is 17.3 Å². The summed E-state index contributed by atoms with van der Waals surface area (Å²) in [5, 5.41) is 15.1. The number of nitrogens with zero attached hydrogens (tertiary/aromatic N) is 1. The van der Waals surface area contributed by atoms with E-state index >= 15 is 0 Å². The molecule has 0 aliphatic heterocycles. The van der Waals surface area contributed by atoms with Gasteiger partial charge in [-0.05, 0) is 31.2 Å². The summed E-state index contributed by atoms with van der Waals surface area (Å²) in [6.45, 7) is 15.0. The summed E-state index contributed by atoms with van der Waals surface area (Å²) >= 11 is 0. The van der Waals surface area contributed by atoms with Gasteiger partial charge in [0.1, 0.15) is 6.04 Å². The molecule has 0 aliphatic carbocycles. The minimum atomic E-state index is -1.01. The van der Waals surface area contributed by atoms with Gasteiger partial charge in [0.15, 0.2) is 0 Å². The molecule has 0 rings (SSSR count). The summed E-state index contributed by atoms with van der Waals surface area (Å²) < 4.78 is 0. The van der Waals surface area contributed by atoms with Crippen molar-refractivity contribution < 1.29 is 19.5 Å². The SMILES string of the molecule is CNC(C(=O)N[C@H](C(=O)N(C)[C@H](/C=C(\C)C(=O)O)C(C)C)C(C)(C)C)C(C)C. The first-order valence-electron chi connectivity index (χ1n) is 9.81. The third-order valence-electron chi connectivity index (χ3n) is 4.90. The zero-order chi connectivity index (χ0) is 22.4. The van der Waals surface area contributed by atoms with Gasteiger partial charge >= 0.3 is 5.97 Å². The molecular formula is C21H39N3O4. The van der Waals surface area contributed by atoms with E-state index in [1.165, 1.54) is 11.8 Å². The summed E-state index contributed by atoms with van der Waals surface area (Å²) in [6.07, 6.45) is 1.59. The minimum absolute atomic E-state index is 0.0142. The fourth-order valence-corrected chi connectivity index (χ4v) is 3.08. The van der Waals surface area contributed by atoms with Crippen molar-refractivity contribution >= 4 is 17.8 Å². The fourth-order valence-electron chi connectivity index (χ4n) is 3.08. The number of hydrogen-bond acceptors (Lipinski definition) is 4. The van der Waals surface area contributed by atoms with Gasteiger partial charge < -0.3 is 20.6 Å². The van der Waals surface area contributed by atoms with Gasteiger partial charge in [0.05, 0.1) is 12.1 Å². The lowest BCUT2D eigenvalue weighted by Crippen LogP contribution is -2.59. The third kappa shape index (κ3) is 7.26. The molecule has 0 radical (unpaired) electrons. The summed E-state index contributed by atoms with van der Waals surface area (Å²) in [5.74, 6) is -1.39. The number of carboxylic acids is 1. The highest BCUT2D eigenvalue weighted by Crippen LogP contribution is 2.24. The highest BCUT2D eigenvalue weighted by atomic mass is 16.4. The van der Waals surface area contributed by atoms with Crippen molar-refractivity contribution in [1.29, 1.82) is 0 Å². The molecule has 0 aromatic carbocycles. The predicted octanol–water partition coefficient (Wildman–Crippen LogP) is 2.28. The Morgan fingerprint density at radius 3 is 1.86 bits per heavy atom. The van der Waals surface area contributed by atoms with E-state index in [1.54, 1.807) is 20.2 Å². The Morgan fingerprint density at radius 2 is 1.54 bits per heavy atom. The number of hydrogen-bond donors (Lipinski definition) is 3. The van der Waals surface area contributed by atoms with Gasteiger partial charge in [0.2, 0.25) is 11.8 Å². The Morgan fingerprint density at radius 1 is 1.04 bits per heavy atom. The van der Waals surface area contributed by atoms with E-state index in [9.17, 15) is 19.5 Å². The summed E-state index contributed by atoms with van der Waals surface area (Å²) in [5.41, 5.74) is -0.326. The average Bonchev–Trinajstić information content (AvgIpc) is 2.54. The molecule has 3 atom stereocenters. The monoisotopic (exact) mass is 397 g/mol. The number of aliphatic carboxylic acids is 1. The number of nitrogens with one attached hydrogen (secondary N) is 2. The van der Waals surface area contributed by atoms with Gasteiger partial charge in [0, 0.05) is 12.6 Å². The topological polar surface area (TPSA) is 98.7 Å². The van der Waals surface area contributed by atoms with Crippen LogP contribution in [-0.4, -0.2) is 60.0 Å². The quantitative estimate of drug-likeness (QED) is 0.519. The molecule has 0 heterocycles. The lowest BCUT2D eigenvalue weighted by molar-refractivity contribution is -0.140. The van der Waals surface area contributed by atoms with Crippen LogP contribution in [0, 0.1) is 17.3 Å². The van der Waals surface area contributed by atoms with Gasteiger partial charge in [-0.1, -0.05) is 54.5 Å². The van der Waals surface area contributed by atoms with Gasteiger partial charge in [0.25, 0.3) is 0 Å². The molecular weight excluding hydrogens is 358 g/mol. The normalized spacial score (nSPS) is 15.9. The number of amides is 2. The van der Waals surface area contributed by atoms with Crippen LogP contribution in [-0.2, 0) is 14.4 Å². The smallest absolute Gasteiger partial charge is 0.331 e. The van der Waals surface area contributed by atoms with Crippen molar-refractivity contribution in [3.63, 3.8) is 0 Å². The number of rotatable bonds is 9. The van der Waals surface area contributed by atoms with Gasteiger partial charge in [-0.15, -0.1) is 0 Å². The van der Waals surface area contributed by atoms with Crippen molar-refractivity contribution in [2.45, 2.75) is 73.5 Å². The second kappa shape index (κ2) is 10.6. The largest absolute Gasteiger partial charge is 0.478 e. The third-order valence-corrected chi connectivity index (χ3v) is 4.90. The highest BCUT2D eigenvalue weighted by molar-refractivity contribution is 5.91. The fraction of sp³-hybridized carbons (Fsp3) is 0.762. The van der Waals surface area contributed by atoms with Crippen molar-refractivity contribution in [1.82, 2.24) is 15.5 Å². The molecule has 7 heteroatoms. The minimum Gasteiger partial charge on any atom is -0.478 e. The van der Waals surface area contributed by atoms with E-state index in [4.69, 9.17) is 0 Å². The summed E-state index contributed by atoms with van der Waals surface area (Å²) in [6, 6.07) is -1.53. The van der Waals surface area contributed by atoms with Gasteiger partial charge in [-0.2, -0.15) is 0 Å². The molecule has 1 unspecified atom stereocenters. The first kappa shape index (κ1) is 26.1. The Bertz CT molecular complexity index is 591. The van der Waals surface area contributed by atoms with Crippen LogP contribution in [0.2, 0.25) is 0 Å². The lowest BCUT2D eigenvalue weighted by Gasteiger charge is -2.38. The Labute approximate surface area is 169 Å². The van der Waals surface area contributed by atoms with Crippen LogP contribution in [0.5, 0.6) is 0 Å². The maximum atomic E-state index is 13.3. The molecule has 3 N–H and O–H groups in total. The van der Waals surface area contributed by atoms with Crippen molar-refractivity contribution in [3.8, 4) is 0 Å². The highest BCUT2D eigenvalue weighted by Gasteiger charge is 2.38. The number of carbonyl (C=O) groups is 3. The van der Waals surface area contributed by atoms with E-state index in [2.05, 4.69) is 10.6 Å². The van der Waals surface area contributed by atoms with Gasteiger partial charge in [-0.25, -0.2) is 4.79 Å². The van der Waals surface area contributed by atoms with Crippen molar-refractivity contribution in [2.75, 3.05) is 14.1 Å². The summed E-state index contributed by atoms with van der Waals surface area (Å²) in [4.78, 5) is 38.8. The van der Waals surface area contributed by atoms with Crippen LogP contribution in [0.3, 0.4) is 0 Å². The second-order valence-electron chi connectivity index (χ2n) is 9.16. The molecule has 0 aromatic rings. The molecule has 7 nitrogen and oxygen atoms in total. The van der Waals surface area contributed by atoms with Crippen molar-refractivity contribution in [3.05, 3.63) is 11.6 Å². The zero-order valence-corrected chi connectivity index (χ0v) is 19.1. The molecule has 0 bridgehead atoms. The van der Waals surface area contributed by atoms with Crippen LogP contribution in [0.4, 0.5) is 0 Å². The lowest BCUT2D eigenvalue weighted by atomic mass is 9.84. The zero-order valence-electron chi connectivity index (χ0n) is 19.1. The average molecular weight is 398 g/mol. The number of likely N-dealkylation sites (N-methyl/N-ethyl adjacent to an activating group) is 2. The first-order chi connectivity index (χ1) is 12.6.